The second-order valence-electron chi connectivity index (χ2n) is 10.0. The van der Waals surface area contributed by atoms with Crippen molar-refractivity contribution in [3.8, 4) is 28.8 Å². The van der Waals surface area contributed by atoms with Crippen LogP contribution in [-0.4, -0.2) is 32.6 Å². The summed E-state index contributed by atoms with van der Waals surface area (Å²) in [5.74, 6) is -0.160. The molecule has 1 atom stereocenters. The van der Waals surface area contributed by atoms with E-state index >= 15 is 0 Å². The van der Waals surface area contributed by atoms with Gasteiger partial charge in [-0.3, -0.25) is 14.5 Å². The number of rotatable bonds is 5. The lowest BCUT2D eigenvalue weighted by Gasteiger charge is -2.27. The van der Waals surface area contributed by atoms with Crippen LogP contribution in [0.25, 0.3) is 23.0 Å². The molecule has 0 saturated carbocycles. The smallest absolute Gasteiger partial charge is 0.271 e. The van der Waals surface area contributed by atoms with Crippen molar-refractivity contribution >= 4 is 17.9 Å². The van der Waals surface area contributed by atoms with E-state index in [0.717, 1.165) is 39.4 Å². The molecule has 0 N–H and O–H groups in total. The summed E-state index contributed by atoms with van der Waals surface area (Å²) in [4.78, 5) is 28.1. The van der Waals surface area contributed by atoms with E-state index in [0.29, 0.717) is 22.4 Å². The Balaban J connectivity index is 1.49. The van der Waals surface area contributed by atoms with Gasteiger partial charge in [-0.15, -0.1) is 0 Å². The predicted molar refractivity (Wildman–Crippen MR) is 151 cm³/mol. The minimum atomic E-state index is -0.584. The maximum absolute atomic E-state index is 13.8. The minimum absolute atomic E-state index is 0.0394. The van der Waals surface area contributed by atoms with Gasteiger partial charge in [-0.25, -0.2) is 4.68 Å². The van der Waals surface area contributed by atoms with E-state index in [1.807, 2.05) is 92.0 Å². The molecule has 6 rings (SSSR count). The summed E-state index contributed by atoms with van der Waals surface area (Å²) in [7, 11) is 0. The van der Waals surface area contributed by atoms with Crippen LogP contribution in [0, 0.1) is 11.3 Å². The lowest BCUT2D eigenvalue weighted by atomic mass is 9.92. The van der Waals surface area contributed by atoms with Gasteiger partial charge in [0.05, 0.1) is 17.9 Å². The van der Waals surface area contributed by atoms with Crippen LogP contribution in [0.15, 0.2) is 102 Å². The molecule has 7 heteroatoms. The van der Waals surface area contributed by atoms with E-state index in [1.54, 1.807) is 17.7 Å². The van der Waals surface area contributed by atoms with Crippen LogP contribution in [0.2, 0.25) is 0 Å². The maximum Gasteiger partial charge on any atom is 0.271 e. The van der Waals surface area contributed by atoms with E-state index in [-0.39, 0.29) is 18.2 Å². The summed E-state index contributed by atoms with van der Waals surface area (Å²) in [6, 6.07) is 27.0. The molecule has 0 spiro atoms. The molecule has 3 heterocycles. The van der Waals surface area contributed by atoms with Crippen molar-refractivity contribution in [2.75, 3.05) is 0 Å². The first-order valence-corrected chi connectivity index (χ1v) is 13.1. The third-order valence-electron chi connectivity index (χ3n) is 7.24. The molecule has 40 heavy (non-hydrogen) atoms. The quantitative estimate of drug-likeness (QED) is 0.248. The summed E-state index contributed by atoms with van der Waals surface area (Å²) in [5, 5.41) is 14.8. The third kappa shape index (κ3) is 4.50. The van der Waals surface area contributed by atoms with Gasteiger partial charge in [-0.1, -0.05) is 48.5 Å². The molecule has 2 aliphatic rings. The van der Waals surface area contributed by atoms with E-state index in [1.165, 1.54) is 0 Å². The summed E-state index contributed by atoms with van der Waals surface area (Å²) < 4.78 is 7.67. The van der Waals surface area contributed by atoms with Gasteiger partial charge >= 0.3 is 0 Å². The summed E-state index contributed by atoms with van der Waals surface area (Å²) >= 11 is 0. The van der Waals surface area contributed by atoms with E-state index in [2.05, 4.69) is 6.07 Å². The topological polar surface area (TPSA) is 88.2 Å². The van der Waals surface area contributed by atoms with Crippen LogP contribution in [0.3, 0.4) is 0 Å². The monoisotopic (exact) mass is 526 g/mol. The number of imide groups is 1. The van der Waals surface area contributed by atoms with Crippen molar-refractivity contribution < 1.29 is 14.3 Å². The van der Waals surface area contributed by atoms with Crippen molar-refractivity contribution in [3.05, 3.63) is 118 Å². The largest absolute Gasteiger partial charge is 0.490 e. The van der Waals surface area contributed by atoms with Gasteiger partial charge in [-0.05, 0) is 67.0 Å². The standard InChI is InChI=1S/C33H26N4O3/c1-21-15-25-16-24(13-14-30(25)40-21)31-26(20-37(35-31)27-11-7-4-8-12-27)17-28-22(2)29(18-34)33(39)36(32(28)38)19-23-9-5-3-6-10-23/h3-14,16-17,20-21H,15,19H2,1-2H3/b28-17+. The van der Waals surface area contributed by atoms with Crippen LogP contribution in [0.1, 0.15) is 30.5 Å². The number of benzene rings is 3. The third-order valence-corrected chi connectivity index (χ3v) is 7.24. The van der Waals surface area contributed by atoms with Crippen molar-refractivity contribution in [3.63, 3.8) is 0 Å². The molecular weight excluding hydrogens is 500 g/mol. The van der Waals surface area contributed by atoms with Crippen LogP contribution in [0.4, 0.5) is 0 Å². The highest BCUT2D eigenvalue weighted by atomic mass is 16.5. The fraction of sp³-hybridized carbons (Fsp3) is 0.152. The zero-order chi connectivity index (χ0) is 27.8. The zero-order valence-corrected chi connectivity index (χ0v) is 22.2. The van der Waals surface area contributed by atoms with Gasteiger partial charge in [-0.2, -0.15) is 10.4 Å². The van der Waals surface area contributed by atoms with Crippen molar-refractivity contribution in [1.82, 2.24) is 14.7 Å². The fourth-order valence-corrected chi connectivity index (χ4v) is 5.19. The van der Waals surface area contributed by atoms with E-state index in [9.17, 15) is 14.9 Å². The average molecular weight is 527 g/mol. The Morgan fingerprint density at radius 2 is 1.75 bits per heavy atom. The first-order chi connectivity index (χ1) is 19.4. The van der Waals surface area contributed by atoms with E-state index in [4.69, 9.17) is 9.84 Å². The Morgan fingerprint density at radius 1 is 1.02 bits per heavy atom. The van der Waals surface area contributed by atoms with Crippen molar-refractivity contribution in [2.24, 2.45) is 0 Å². The Bertz CT molecular complexity index is 1740. The number of nitriles is 1. The fourth-order valence-electron chi connectivity index (χ4n) is 5.19. The lowest BCUT2D eigenvalue weighted by molar-refractivity contribution is -0.141. The number of carbonyl (C=O) groups is 2. The van der Waals surface area contributed by atoms with Crippen LogP contribution in [0.5, 0.6) is 5.75 Å². The molecule has 1 aromatic heterocycles. The Labute approximate surface area is 232 Å². The van der Waals surface area contributed by atoms with Crippen molar-refractivity contribution in [2.45, 2.75) is 32.9 Å². The van der Waals surface area contributed by atoms with E-state index < -0.39 is 11.8 Å². The second kappa shape index (κ2) is 10.2. The molecule has 3 aromatic carbocycles. The molecule has 0 bridgehead atoms. The molecule has 0 fully saturated rings. The summed E-state index contributed by atoms with van der Waals surface area (Å²) in [6.07, 6.45) is 4.53. The Morgan fingerprint density at radius 3 is 2.48 bits per heavy atom. The highest BCUT2D eigenvalue weighted by Crippen LogP contribution is 2.36. The van der Waals surface area contributed by atoms with Gasteiger partial charge < -0.3 is 4.74 Å². The van der Waals surface area contributed by atoms with Crippen molar-refractivity contribution in [1.29, 1.82) is 5.26 Å². The van der Waals surface area contributed by atoms with Gasteiger partial charge in [0.2, 0.25) is 0 Å². The highest BCUT2D eigenvalue weighted by molar-refractivity contribution is 6.19. The number of para-hydroxylation sites is 1. The maximum atomic E-state index is 13.8. The van der Waals surface area contributed by atoms with Gasteiger partial charge in [0, 0.05) is 29.3 Å². The number of hydrogen-bond donors (Lipinski definition) is 0. The first kappa shape index (κ1) is 25.1. The minimum Gasteiger partial charge on any atom is -0.490 e. The number of hydrogen-bond acceptors (Lipinski definition) is 5. The molecule has 0 aliphatic carbocycles. The second-order valence-corrected chi connectivity index (χ2v) is 10.0. The average Bonchev–Trinajstić information content (AvgIpc) is 3.57. The Hall–Kier alpha value is -5.22. The van der Waals surface area contributed by atoms with Gasteiger partial charge in [0.1, 0.15) is 23.5 Å². The molecule has 0 radical (unpaired) electrons. The lowest BCUT2D eigenvalue weighted by Crippen LogP contribution is -2.42. The molecule has 1 unspecified atom stereocenters. The highest BCUT2D eigenvalue weighted by Gasteiger charge is 2.36. The molecular formula is C33H26N4O3. The number of carbonyl (C=O) groups excluding carboxylic acids is 2. The summed E-state index contributed by atoms with van der Waals surface area (Å²) in [5.41, 5.74) is 5.65. The number of aromatic nitrogens is 2. The van der Waals surface area contributed by atoms with Crippen LogP contribution >= 0.6 is 0 Å². The first-order valence-electron chi connectivity index (χ1n) is 13.1. The molecule has 2 aliphatic heterocycles. The number of amides is 2. The van der Waals surface area contributed by atoms with Gasteiger partial charge in [0.25, 0.3) is 11.8 Å². The molecule has 4 aromatic rings. The molecule has 196 valence electrons. The SMILES string of the molecule is CC1=C(C#N)C(=O)N(Cc2ccccc2)C(=O)/C1=C/c1cn(-c2ccccc2)nc1-c1ccc2c(c1)CC(C)O2. The molecule has 7 nitrogen and oxygen atoms in total. The number of ether oxygens (including phenoxy) is 1. The zero-order valence-electron chi connectivity index (χ0n) is 22.2. The predicted octanol–water partition coefficient (Wildman–Crippen LogP) is 5.66. The summed E-state index contributed by atoms with van der Waals surface area (Å²) in [6.45, 7) is 3.77. The van der Waals surface area contributed by atoms with Crippen LogP contribution in [-0.2, 0) is 22.6 Å². The number of nitrogens with zero attached hydrogens (tertiary/aromatic N) is 4. The Kier molecular flexibility index (Phi) is 6.37. The number of fused-ring (bicyclic) bond motifs is 1. The van der Waals surface area contributed by atoms with Gasteiger partial charge in [0.15, 0.2) is 0 Å². The molecule has 2 amide bonds. The van der Waals surface area contributed by atoms with Crippen LogP contribution < -0.4 is 4.74 Å². The molecule has 0 saturated heterocycles. The normalized spacial score (nSPS) is 17.7.